The second-order valence-corrected chi connectivity index (χ2v) is 8.44. The van der Waals surface area contributed by atoms with Crippen LogP contribution >= 0.6 is 0 Å². The van der Waals surface area contributed by atoms with E-state index in [2.05, 4.69) is 0 Å². The standard InChI is InChI=1S/C21H22N2O6/c1-23(2)13-5-3-4-11-12(13)7-9-6-10-8-14(24)16(20(22)28)19(27)21(10,29)18(26)15(9)17(11)25/h3-5,9-10,15-16,29H,6-8H2,1-2H3,(H2,22,28)/t9?,10?,15?,16?,21-/m0/s1. The number of benzene rings is 1. The van der Waals surface area contributed by atoms with Gasteiger partial charge >= 0.3 is 0 Å². The summed E-state index contributed by atoms with van der Waals surface area (Å²) in [4.78, 5) is 65.1. The van der Waals surface area contributed by atoms with Crippen molar-refractivity contribution >= 4 is 34.7 Å². The van der Waals surface area contributed by atoms with Crippen molar-refractivity contribution in [3.8, 4) is 0 Å². The lowest BCUT2D eigenvalue weighted by Crippen LogP contribution is -2.68. The molecule has 0 radical (unpaired) electrons. The summed E-state index contributed by atoms with van der Waals surface area (Å²) in [6.45, 7) is 0. The van der Waals surface area contributed by atoms with E-state index in [0.717, 1.165) is 11.3 Å². The molecule has 5 atom stereocenters. The number of hydrogen-bond acceptors (Lipinski definition) is 7. The fraction of sp³-hybridized carbons (Fsp3) is 0.476. The minimum absolute atomic E-state index is 0.169. The van der Waals surface area contributed by atoms with Crippen molar-refractivity contribution in [3.63, 3.8) is 0 Å². The van der Waals surface area contributed by atoms with Crippen molar-refractivity contribution in [1.82, 2.24) is 0 Å². The predicted molar refractivity (Wildman–Crippen MR) is 101 cm³/mol. The molecule has 1 amide bonds. The van der Waals surface area contributed by atoms with E-state index < -0.39 is 58.3 Å². The zero-order chi connectivity index (χ0) is 21.2. The summed E-state index contributed by atoms with van der Waals surface area (Å²) in [6.07, 6.45) is 0.310. The zero-order valence-electron chi connectivity index (χ0n) is 16.2. The number of carbonyl (C=O) groups is 5. The van der Waals surface area contributed by atoms with Crippen molar-refractivity contribution in [2.75, 3.05) is 19.0 Å². The van der Waals surface area contributed by atoms with Gasteiger partial charge in [-0.25, -0.2) is 0 Å². The molecule has 4 rings (SSSR count). The number of anilines is 1. The second kappa shape index (κ2) is 6.32. The molecule has 0 heterocycles. The summed E-state index contributed by atoms with van der Waals surface area (Å²) in [5.74, 6) is -8.78. The Kier molecular flexibility index (Phi) is 4.24. The Morgan fingerprint density at radius 2 is 1.83 bits per heavy atom. The number of ketones is 4. The van der Waals surface area contributed by atoms with Gasteiger partial charge in [0.2, 0.25) is 5.91 Å². The number of amides is 1. The number of rotatable bonds is 2. The van der Waals surface area contributed by atoms with Crippen LogP contribution in [-0.2, 0) is 25.6 Å². The molecule has 0 aliphatic heterocycles. The zero-order valence-corrected chi connectivity index (χ0v) is 16.2. The number of nitrogens with two attached hydrogens (primary N) is 1. The first-order valence-corrected chi connectivity index (χ1v) is 9.55. The molecule has 1 aromatic rings. The van der Waals surface area contributed by atoms with Gasteiger partial charge in [0.25, 0.3) is 0 Å². The van der Waals surface area contributed by atoms with Crippen molar-refractivity contribution in [2.24, 2.45) is 29.4 Å². The third-order valence-corrected chi connectivity index (χ3v) is 6.65. The molecule has 3 aliphatic rings. The molecule has 29 heavy (non-hydrogen) atoms. The van der Waals surface area contributed by atoms with Crippen LogP contribution in [0.25, 0.3) is 0 Å². The van der Waals surface area contributed by atoms with Gasteiger partial charge < -0.3 is 15.7 Å². The predicted octanol–water partition coefficient (Wildman–Crippen LogP) is -0.313. The Morgan fingerprint density at radius 1 is 1.14 bits per heavy atom. The highest BCUT2D eigenvalue weighted by atomic mass is 16.3. The molecule has 152 valence electrons. The number of carbonyl (C=O) groups excluding carboxylic acids is 5. The van der Waals surface area contributed by atoms with Crippen LogP contribution < -0.4 is 10.6 Å². The molecule has 3 aliphatic carbocycles. The minimum Gasteiger partial charge on any atom is -0.377 e. The fourth-order valence-corrected chi connectivity index (χ4v) is 5.30. The van der Waals surface area contributed by atoms with Crippen LogP contribution in [0.1, 0.15) is 28.8 Å². The highest BCUT2D eigenvalue weighted by molar-refractivity contribution is 6.31. The van der Waals surface area contributed by atoms with E-state index in [-0.39, 0.29) is 12.8 Å². The maximum atomic E-state index is 13.3. The van der Waals surface area contributed by atoms with Crippen LogP contribution in [0, 0.1) is 23.7 Å². The molecular weight excluding hydrogens is 376 g/mol. The first-order chi connectivity index (χ1) is 13.6. The number of nitrogens with zero attached hydrogens (tertiary/aromatic N) is 1. The first-order valence-electron chi connectivity index (χ1n) is 9.55. The van der Waals surface area contributed by atoms with Crippen LogP contribution in [0.15, 0.2) is 18.2 Å². The third kappa shape index (κ3) is 2.51. The molecular formula is C21H22N2O6. The van der Waals surface area contributed by atoms with Crippen LogP contribution in [0.5, 0.6) is 0 Å². The summed E-state index contributed by atoms with van der Waals surface area (Å²) in [5.41, 5.74) is 4.73. The molecule has 0 spiro atoms. The van der Waals surface area contributed by atoms with Crippen LogP contribution in [0.4, 0.5) is 5.69 Å². The largest absolute Gasteiger partial charge is 0.377 e. The molecule has 0 saturated heterocycles. The third-order valence-electron chi connectivity index (χ3n) is 6.65. The second-order valence-electron chi connectivity index (χ2n) is 8.44. The highest BCUT2D eigenvalue weighted by Gasteiger charge is 2.65. The molecule has 8 heteroatoms. The molecule has 3 N–H and O–H groups in total. The average Bonchev–Trinajstić information content (AvgIpc) is 2.64. The Balaban J connectivity index is 1.80. The summed E-state index contributed by atoms with van der Waals surface area (Å²) in [7, 11) is 3.72. The number of primary amides is 1. The first kappa shape index (κ1) is 19.4. The van der Waals surface area contributed by atoms with Gasteiger partial charge in [-0.15, -0.1) is 0 Å². The fourth-order valence-electron chi connectivity index (χ4n) is 5.30. The van der Waals surface area contributed by atoms with E-state index in [4.69, 9.17) is 5.73 Å². The lowest BCUT2D eigenvalue weighted by atomic mass is 9.54. The number of Topliss-reactive ketones (excluding diaryl/α,β-unsaturated/α-hetero) is 4. The van der Waals surface area contributed by atoms with E-state index in [1.807, 2.05) is 25.1 Å². The van der Waals surface area contributed by atoms with Gasteiger partial charge in [0, 0.05) is 37.7 Å². The maximum Gasteiger partial charge on any atom is 0.235 e. The van der Waals surface area contributed by atoms with Crippen molar-refractivity contribution in [3.05, 3.63) is 29.3 Å². The van der Waals surface area contributed by atoms with E-state index in [1.165, 1.54) is 0 Å². The maximum absolute atomic E-state index is 13.3. The minimum atomic E-state index is -2.53. The number of hydrogen-bond donors (Lipinski definition) is 2. The van der Waals surface area contributed by atoms with Gasteiger partial charge in [-0.05, 0) is 30.4 Å². The highest BCUT2D eigenvalue weighted by Crippen LogP contribution is 2.49. The topological polar surface area (TPSA) is 135 Å². The summed E-state index contributed by atoms with van der Waals surface area (Å²) in [6, 6.07) is 5.26. The average molecular weight is 398 g/mol. The van der Waals surface area contributed by atoms with E-state index >= 15 is 0 Å². The normalized spacial score (nSPS) is 33.6. The van der Waals surface area contributed by atoms with Crippen LogP contribution in [0.3, 0.4) is 0 Å². The molecule has 0 aromatic heterocycles. The van der Waals surface area contributed by atoms with Gasteiger partial charge in [0.1, 0.15) is 0 Å². The van der Waals surface area contributed by atoms with E-state index in [0.29, 0.717) is 12.0 Å². The molecule has 4 unspecified atom stereocenters. The summed E-state index contributed by atoms with van der Waals surface area (Å²) in [5, 5.41) is 11.1. The van der Waals surface area contributed by atoms with Crippen LogP contribution in [0.2, 0.25) is 0 Å². The number of aliphatic hydroxyl groups is 1. The van der Waals surface area contributed by atoms with Gasteiger partial charge in [-0.3, -0.25) is 24.0 Å². The van der Waals surface area contributed by atoms with Crippen molar-refractivity contribution in [2.45, 2.75) is 24.9 Å². The molecule has 2 fully saturated rings. The van der Waals surface area contributed by atoms with E-state index in [9.17, 15) is 29.1 Å². The molecule has 1 aromatic carbocycles. The Hall–Kier alpha value is -2.87. The number of fused-ring (bicyclic) bond motifs is 3. The Morgan fingerprint density at radius 3 is 2.45 bits per heavy atom. The summed E-state index contributed by atoms with van der Waals surface area (Å²) < 4.78 is 0. The SMILES string of the molecule is CN(C)c1cccc2c1CC1CC3CC(=O)C(C(N)=O)C(=O)[C@@]3(O)C(=O)C1C2=O. The van der Waals surface area contributed by atoms with Gasteiger partial charge in [-0.1, -0.05) is 12.1 Å². The summed E-state index contributed by atoms with van der Waals surface area (Å²) >= 11 is 0. The van der Waals surface area contributed by atoms with Gasteiger partial charge in [-0.2, -0.15) is 0 Å². The van der Waals surface area contributed by atoms with E-state index in [1.54, 1.807) is 12.1 Å². The molecule has 8 nitrogen and oxygen atoms in total. The lowest BCUT2D eigenvalue weighted by molar-refractivity contribution is -0.175. The van der Waals surface area contributed by atoms with Gasteiger partial charge in [0.05, 0.1) is 5.92 Å². The molecule has 2 saturated carbocycles. The van der Waals surface area contributed by atoms with Crippen molar-refractivity contribution < 1.29 is 29.1 Å². The Labute approximate surface area is 167 Å². The Bertz CT molecular complexity index is 983. The quantitative estimate of drug-likeness (QED) is 0.652. The molecule has 0 bridgehead atoms. The van der Waals surface area contributed by atoms with Gasteiger partial charge in [0.15, 0.2) is 34.7 Å². The smallest absolute Gasteiger partial charge is 0.235 e. The van der Waals surface area contributed by atoms with Crippen molar-refractivity contribution in [1.29, 1.82) is 0 Å². The lowest BCUT2D eigenvalue weighted by Gasteiger charge is -2.48. The van der Waals surface area contributed by atoms with Crippen LogP contribution in [-0.4, -0.2) is 53.8 Å². The monoisotopic (exact) mass is 398 g/mol.